The quantitative estimate of drug-likeness (QED) is 0.274. The second kappa shape index (κ2) is 14.1. The molecule has 0 aliphatic rings. The van der Waals surface area contributed by atoms with Crippen LogP contribution in [0.5, 0.6) is 5.75 Å². The van der Waals surface area contributed by atoms with Gasteiger partial charge in [-0.05, 0) is 87.0 Å². The number of likely N-dealkylation sites (N-methyl/N-ethyl adjacent to an activating group) is 1. The average Bonchev–Trinajstić information content (AvgIpc) is 2.93. The molecule has 0 aliphatic carbocycles. The molecule has 3 aromatic rings. The molecule has 0 bridgehead atoms. The van der Waals surface area contributed by atoms with Crippen LogP contribution >= 0.6 is 34.8 Å². The van der Waals surface area contributed by atoms with Gasteiger partial charge in [-0.1, -0.05) is 40.9 Å². The Kier molecular flexibility index (Phi) is 11.1. The molecule has 0 aliphatic heterocycles. The third kappa shape index (κ3) is 7.81. The lowest BCUT2D eigenvalue weighted by Crippen LogP contribution is -2.51. The number of sulfonamides is 1. The van der Waals surface area contributed by atoms with Crippen LogP contribution in [0.15, 0.2) is 71.6 Å². The van der Waals surface area contributed by atoms with Crippen molar-refractivity contribution in [2.45, 2.75) is 38.3 Å². The smallest absolute Gasteiger partial charge is 0.264 e. The summed E-state index contributed by atoms with van der Waals surface area (Å²) in [6, 6.07) is 16.0. The minimum absolute atomic E-state index is 0.00780. The van der Waals surface area contributed by atoms with Gasteiger partial charge in [0.1, 0.15) is 18.3 Å². The van der Waals surface area contributed by atoms with Gasteiger partial charge in [0, 0.05) is 18.1 Å². The van der Waals surface area contributed by atoms with E-state index in [0.29, 0.717) is 39.5 Å². The van der Waals surface area contributed by atoms with Crippen LogP contribution in [0.4, 0.5) is 5.69 Å². The standard InChI is InChI=1S/C28H30Cl3N3O5S/c1-4-32-28(36)19(3)33(17-20-6-15-25(30)26(31)16-20)27(35)18-34(22-9-11-23(12-10-22)39-5-2)40(37,38)24-13-7-21(29)8-14-24/h6-16,19H,4-5,17-18H2,1-3H3,(H,32,36). The van der Waals surface area contributed by atoms with Gasteiger partial charge in [0.25, 0.3) is 10.0 Å². The van der Waals surface area contributed by atoms with Crippen LogP contribution in [0.2, 0.25) is 15.1 Å². The predicted octanol–water partition coefficient (Wildman–Crippen LogP) is 5.79. The van der Waals surface area contributed by atoms with Crippen molar-refractivity contribution in [1.29, 1.82) is 0 Å². The number of nitrogens with zero attached hydrogens (tertiary/aromatic N) is 2. The highest BCUT2D eigenvalue weighted by molar-refractivity contribution is 7.92. The minimum atomic E-state index is -4.22. The maximum atomic E-state index is 13.9. The molecule has 3 aromatic carbocycles. The van der Waals surface area contributed by atoms with Crippen molar-refractivity contribution in [2.75, 3.05) is 24.0 Å². The monoisotopic (exact) mass is 625 g/mol. The average molecular weight is 627 g/mol. The Balaban J connectivity index is 2.04. The van der Waals surface area contributed by atoms with E-state index >= 15 is 0 Å². The van der Waals surface area contributed by atoms with E-state index in [2.05, 4.69) is 5.32 Å². The van der Waals surface area contributed by atoms with Crippen molar-refractivity contribution >= 4 is 62.3 Å². The van der Waals surface area contributed by atoms with Gasteiger partial charge in [0.05, 0.1) is 27.2 Å². The highest BCUT2D eigenvalue weighted by atomic mass is 35.5. The van der Waals surface area contributed by atoms with E-state index in [1.165, 1.54) is 29.2 Å². The second-order valence-corrected chi connectivity index (χ2v) is 11.8. The van der Waals surface area contributed by atoms with E-state index < -0.39 is 28.5 Å². The summed E-state index contributed by atoms with van der Waals surface area (Å²) < 4.78 is 34.1. The molecule has 2 amide bonds. The SMILES string of the molecule is CCNC(=O)C(C)N(Cc1ccc(Cl)c(Cl)c1)C(=O)CN(c1ccc(OCC)cc1)S(=O)(=O)c1ccc(Cl)cc1. The highest BCUT2D eigenvalue weighted by Gasteiger charge is 2.32. The molecule has 214 valence electrons. The van der Waals surface area contributed by atoms with Crippen molar-refractivity contribution < 1.29 is 22.7 Å². The third-order valence-corrected chi connectivity index (χ3v) is 8.75. The summed E-state index contributed by atoms with van der Waals surface area (Å²) in [4.78, 5) is 27.9. The number of ether oxygens (including phenoxy) is 1. The minimum Gasteiger partial charge on any atom is -0.494 e. The molecule has 3 rings (SSSR count). The van der Waals surface area contributed by atoms with Crippen LogP contribution in [0.3, 0.4) is 0 Å². The van der Waals surface area contributed by atoms with E-state index in [-0.39, 0.29) is 23.0 Å². The summed E-state index contributed by atoms with van der Waals surface area (Å²) in [5, 5.41) is 3.71. The number of carbonyl (C=O) groups is 2. The fraction of sp³-hybridized carbons (Fsp3) is 0.286. The fourth-order valence-electron chi connectivity index (χ4n) is 3.88. The Bertz CT molecular complexity index is 1430. The maximum absolute atomic E-state index is 13.9. The Hall–Kier alpha value is -2.98. The molecule has 0 heterocycles. The van der Waals surface area contributed by atoms with E-state index in [0.717, 1.165) is 4.31 Å². The van der Waals surface area contributed by atoms with E-state index in [4.69, 9.17) is 39.5 Å². The number of anilines is 1. The fourth-order valence-corrected chi connectivity index (χ4v) is 5.74. The molecule has 0 fully saturated rings. The van der Waals surface area contributed by atoms with E-state index in [9.17, 15) is 18.0 Å². The first-order valence-corrected chi connectivity index (χ1v) is 15.1. The van der Waals surface area contributed by atoms with Gasteiger partial charge < -0.3 is 15.0 Å². The first-order valence-electron chi connectivity index (χ1n) is 12.5. The maximum Gasteiger partial charge on any atom is 0.264 e. The Morgan fingerprint density at radius 1 is 0.925 bits per heavy atom. The molecule has 0 saturated carbocycles. The number of hydrogen-bond acceptors (Lipinski definition) is 5. The summed E-state index contributed by atoms with van der Waals surface area (Å²) in [5.74, 6) is -0.437. The molecule has 0 spiro atoms. The first-order chi connectivity index (χ1) is 19.0. The van der Waals surface area contributed by atoms with E-state index in [1.807, 2.05) is 6.92 Å². The summed E-state index contributed by atoms with van der Waals surface area (Å²) in [6.45, 7) is 5.39. The molecule has 1 atom stereocenters. The summed E-state index contributed by atoms with van der Waals surface area (Å²) in [7, 11) is -4.22. The largest absolute Gasteiger partial charge is 0.494 e. The number of benzene rings is 3. The number of hydrogen-bond donors (Lipinski definition) is 1. The molecule has 0 radical (unpaired) electrons. The number of halogens is 3. The molecule has 1 unspecified atom stereocenters. The topological polar surface area (TPSA) is 96.0 Å². The molecule has 40 heavy (non-hydrogen) atoms. The Morgan fingerprint density at radius 3 is 2.15 bits per heavy atom. The van der Waals surface area contributed by atoms with Gasteiger partial charge in [-0.15, -0.1) is 0 Å². The van der Waals surface area contributed by atoms with Crippen LogP contribution in [0.1, 0.15) is 26.3 Å². The molecule has 8 nitrogen and oxygen atoms in total. The molecule has 12 heteroatoms. The van der Waals surface area contributed by atoms with Gasteiger partial charge in [-0.25, -0.2) is 8.42 Å². The van der Waals surface area contributed by atoms with Crippen molar-refractivity contribution in [3.8, 4) is 5.75 Å². The third-order valence-electron chi connectivity index (χ3n) is 5.97. The number of nitrogens with one attached hydrogen (secondary N) is 1. The van der Waals surface area contributed by atoms with Crippen LogP contribution in [-0.2, 0) is 26.2 Å². The zero-order valence-corrected chi connectivity index (χ0v) is 25.3. The molecular formula is C28H30Cl3N3O5S. The summed E-state index contributed by atoms with van der Waals surface area (Å²) in [6.07, 6.45) is 0. The van der Waals surface area contributed by atoms with Gasteiger partial charge in [0.15, 0.2) is 0 Å². The van der Waals surface area contributed by atoms with Gasteiger partial charge in [-0.2, -0.15) is 0 Å². The normalized spacial score (nSPS) is 11.9. The number of rotatable bonds is 12. The van der Waals surface area contributed by atoms with Gasteiger partial charge in [-0.3, -0.25) is 13.9 Å². The lowest BCUT2D eigenvalue weighted by Gasteiger charge is -2.32. The second-order valence-electron chi connectivity index (χ2n) is 8.73. The zero-order chi connectivity index (χ0) is 29.4. The molecule has 0 aromatic heterocycles. The van der Waals surface area contributed by atoms with Crippen molar-refractivity contribution in [3.05, 3.63) is 87.4 Å². The Labute approximate surface area is 249 Å². The molecule has 0 saturated heterocycles. The summed E-state index contributed by atoms with van der Waals surface area (Å²) in [5.41, 5.74) is 0.860. The van der Waals surface area contributed by atoms with Crippen molar-refractivity contribution in [3.63, 3.8) is 0 Å². The lowest BCUT2D eigenvalue weighted by atomic mass is 10.1. The zero-order valence-electron chi connectivity index (χ0n) is 22.2. The van der Waals surface area contributed by atoms with Gasteiger partial charge in [0.2, 0.25) is 11.8 Å². The van der Waals surface area contributed by atoms with Gasteiger partial charge >= 0.3 is 0 Å². The van der Waals surface area contributed by atoms with Crippen LogP contribution in [-0.4, -0.2) is 50.9 Å². The van der Waals surface area contributed by atoms with Crippen molar-refractivity contribution in [2.24, 2.45) is 0 Å². The number of amides is 2. The number of carbonyl (C=O) groups excluding carboxylic acids is 2. The Morgan fingerprint density at radius 2 is 1.57 bits per heavy atom. The predicted molar refractivity (Wildman–Crippen MR) is 159 cm³/mol. The van der Waals surface area contributed by atoms with Crippen molar-refractivity contribution in [1.82, 2.24) is 10.2 Å². The molecule has 1 N–H and O–H groups in total. The lowest BCUT2D eigenvalue weighted by molar-refractivity contribution is -0.139. The van der Waals surface area contributed by atoms with Crippen LogP contribution in [0, 0.1) is 0 Å². The van der Waals surface area contributed by atoms with E-state index in [1.54, 1.807) is 56.3 Å². The van der Waals surface area contributed by atoms with Crippen LogP contribution < -0.4 is 14.4 Å². The van der Waals surface area contributed by atoms with Crippen LogP contribution in [0.25, 0.3) is 0 Å². The highest BCUT2D eigenvalue weighted by Crippen LogP contribution is 2.28. The molecular weight excluding hydrogens is 597 g/mol. The summed E-state index contributed by atoms with van der Waals surface area (Å²) >= 11 is 18.2. The first kappa shape index (κ1) is 31.5.